The number of hydrogen-bond acceptors (Lipinski definition) is 6. The quantitative estimate of drug-likeness (QED) is 0.292. The highest BCUT2D eigenvalue weighted by Crippen LogP contribution is 2.26. The zero-order valence-electron chi connectivity index (χ0n) is 20.2. The molecule has 35 heavy (non-hydrogen) atoms. The number of rotatable bonds is 8. The highest BCUT2D eigenvalue weighted by molar-refractivity contribution is 5.97. The molecule has 1 aromatic carbocycles. The van der Waals surface area contributed by atoms with E-state index < -0.39 is 16.9 Å². The van der Waals surface area contributed by atoms with Crippen LogP contribution in [0.2, 0.25) is 0 Å². The third-order valence-corrected chi connectivity index (χ3v) is 5.34. The van der Waals surface area contributed by atoms with Gasteiger partial charge in [-0.3, -0.25) is 20.3 Å². The molecule has 182 valence electrons. The Morgan fingerprint density at radius 2 is 1.97 bits per heavy atom. The number of carbonyl (C=O) groups is 1. The number of hydrogen-bond donors (Lipinski definition) is 4. The van der Waals surface area contributed by atoms with E-state index in [1.165, 1.54) is 12.4 Å². The summed E-state index contributed by atoms with van der Waals surface area (Å²) in [4.78, 5) is 30.2. The highest BCUT2D eigenvalue weighted by atomic mass is 16.5. The van der Waals surface area contributed by atoms with Crippen LogP contribution in [0.5, 0.6) is 0 Å². The van der Waals surface area contributed by atoms with E-state index in [0.717, 1.165) is 0 Å². The zero-order chi connectivity index (χ0) is 25.8. The summed E-state index contributed by atoms with van der Waals surface area (Å²) < 4.78 is 1.69. The Morgan fingerprint density at radius 1 is 1.23 bits per heavy atom. The fraction of sp³-hybridized carbons (Fsp3) is 0.222. The lowest BCUT2D eigenvalue weighted by molar-refractivity contribution is 0.0941. The van der Waals surface area contributed by atoms with Crippen LogP contribution in [0.15, 0.2) is 84.1 Å². The van der Waals surface area contributed by atoms with Crippen molar-refractivity contribution in [1.82, 2.24) is 20.3 Å². The molecule has 2 aromatic heterocycles. The maximum Gasteiger partial charge on any atom is 0.256 e. The van der Waals surface area contributed by atoms with Crippen molar-refractivity contribution >= 4 is 22.5 Å². The summed E-state index contributed by atoms with van der Waals surface area (Å²) in [5, 5.41) is 22.9. The van der Waals surface area contributed by atoms with Gasteiger partial charge >= 0.3 is 0 Å². The molecular formula is C27H30N4O4. The first-order valence-corrected chi connectivity index (χ1v) is 11.2. The van der Waals surface area contributed by atoms with Crippen LogP contribution in [0.3, 0.4) is 0 Å². The van der Waals surface area contributed by atoms with Crippen LogP contribution in [-0.2, 0) is 0 Å². The molecule has 0 spiro atoms. The molecule has 0 aliphatic heterocycles. The summed E-state index contributed by atoms with van der Waals surface area (Å²) in [6.07, 6.45) is 7.72. The molecule has 0 radical (unpaired) electrons. The van der Waals surface area contributed by atoms with Gasteiger partial charge in [-0.05, 0) is 69.2 Å². The van der Waals surface area contributed by atoms with Gasteiger partial charge in [0.15, 0.2) is 0 Å². The van der Waals surface area contributed by atoms with E-state index in [2.05, 4.69) is 16.9 Å². The number of fused-ring (bicyclic) bond motifs is 1. The number of aromatic nitrogens is 2. The molecule has 0 saturated carbocycles. The predicted molar refractivity (Wildman–Crippen MR) is 137 cm³/mol. The van der Waals surface area contributed by atoms with Crippen LogP contribution in [0.1, 0.15) is 43.6 Å². The molecule has 0 unspecified atom stereocenters. The molecule has 0 aliphatic rings. The number of nitrogens with one attached hydrogen (secondary N) is 2. The van der Waals surface area contributed by atoms with Gasteiger partial charge in [0.2, 0.25) is 5.43 Å². The first-order valence-electron chi connectivity index (χ1n) is 11.2. The molecule has 8 nitrogen and oxygen atoms in total. The van der Waals surface area contributed by atoms with Gasteiger partial charge in [0.1, 0.15) is 11.2 Å². The fourth-order valence-electron chi connectivity index (χ4n) is 3.62. The topological polar surface area (TPSA) is 116 Å². The molecule has 0 fully saturated rings. The number of nitrogens with zero attached hydrogens (tertiary/aromatic N) is 2. The van der Waals surface area contributed by atoms with Gasteiger partial charge < -0.3 is 15.0 Å². The molecular weight excluding hydrogens is 444 g/mol. The number of amides is 1. The highest BCUT2D eigenvalue weighted by Gasteiger charge is 2.19. The Bertz CT molecular complexity index is 1380. The van der Waals surface area contributed by atoms with Gasteiger partial charge in [-0.1, -0.05) is 24.8 Å². The Labute approximate surface area is 203 Å². The summed E-state index contributed by atoms with van der Waals surface area (Å²) in [7, 11) is 0. The van der Waals surface area contributed by atoms with Gasteiger partial charge in [-0.25, -0.2) is 4.98 Å². The van der Waals surface area contributed by atoms with Crippen molar-refractivity contribution in [2.75, 3.05) is 0 Å². The summed E-state index contributed by atoms with van der Waals surface area (Å²) in [6.45, 7) is 10.7. The van der Waals surface area contributed by atoms with E-state index >= 15 is 0 Å². The maximum atomic E-state index is 13.0. The van der Waals surface area contributed by atoms with E-state index in [4.69, 9.17) is 0 Å². The smallest absolute Gasteiger partial charge is 0.256 e. The Balaban J connectivity index is 2.24. The first kappa shape index (κ1) is 25.6. The van der Waals surface area contributed by atoms with Crippen LogP contribution in [0.25, 0.3) is 22.3 Å². The lowest BCUT2D eigenvalue weighted by Gasteiger charge is -2.20. The van der Waals surface area contributed by atoms with Crippen LogP contribution < -0.4 is 16.2 Å². The van der Waals surface area contributed by atoms with Crippen molar-refractivity contribution in [3.05, 3.63) is 101 Å². The van der Waals surface area contributed by atoms with Crippen molar-refractivity contribution in [2.24, 2.45) is 0 Å². The minimum absolute atomic E-state index is 0.00765. The van der Waals surface area contributed by atoms with Crippen molar-refractivity contribution in [3.63, 3.8) is 0 Å². The van der Waals surface area contributed by atoms with Crippen LogP contribution in [0, 0.1) is 0 Å². The van der Waals surface area contributed by atoms with Gasteiger partial charge in [0.05, 0.1) is 11.0 Å². The standard InChI is InChI=1S/C27H30N4O4/c1-6-20(27(4,5)34)13-19(15-29-35)18-9-7-10-21(14-18)31-16-23(26(33)30-17(2)3)24(32)22-11-8-12-28-25(22)31/h6-17,29,34-35H,1H2,2-5H3,(H,30,33)/b19-15+,20-13+. The molecule has 3 aromatic rings. The molecule has 4 N–H and O–H groups in total. The first-order chi connectivity index (χ1) is 16.6. The summed E-state index contributed by atoms with van der Waals surface area (Å²) in [6, 6.07) is 10.4. The Hall–Kier alpha value is -4.01. The average molecular weight is 475 g/mol. The second kappa shape index (κ2) is 10.5. The molecule has 8 heteroatoms. The maximum absolute atomic E-state index is 13.0. The lowest BCUT2D eigenvalue weighted by atomic mass is 9.94. The van der Waals surface area contributed by atoms with Gasteiger partial charge in [-0.2, -0.15) is 0 Å². The van der Waals surface area contributed by atoms with E-state index in [1.54, 1.807) is 48.9 Å². The summed E-state index contributed by atoms with van der Waals surface area (Å²) in [5.41, 5.74) is 3.38. The normalized spacial score (nSPS) is 12.7. The number of benzene rings is 1. The number of carbonyl (C=O) groups excluding carboxylic acids is 1. The van der Waals surface area contributed by atoms with Gasteiger partial charge in [0.25, 0.3) is 5.91 Å². The Morgan fingerprint density at radius 3 is 2.60 bits per heavy atom. The van der Waals surface area contributed by atoms with E-state index in [-0.39, 0.29) is 11.6 Å². The number of allylic oxidation sites excluding steroid dienone is 2. The van der Waals surface area contributed by atoms with E-state index in [9.17, 15) is 19.9 Å². The Kier molecular flexibility index (Phi) is 7.68. The number of aliphatic hydroxyl groups is 1. The number of pyridine rings is 2. The van der Waals surface area contributed by atoms with Crippen molar-refractivity contribution in [3.8, 4) is 5.69 Å². The molecule has 0 atom stereocenters. The van der Waals surface area contributed by atoms with Crippen LogP contribution >= 0.6 is 0 Å². The zero-order valence-corrected chi connectivity index (χ0v) is 20.2. The predicted octanol–water partition coefficient (Wildman–Crippen LogP) is 3.73. The minimum Gasteiger partial charge on any atom is -0.386 e. The van der Waals surface area contributed by atoms with Crippen LogP contribution in [0.4, 0.5) is 0 Å². The fourth-order valence-corrected chi connectivity index (χ4v) is 3.62. The lowest BCUT2D eigenvalue weighted by Crippen LogP contribution is -2.34. The molecule has 0 aliphatic carbocycles. The molecule has 1 amide bonds. The monoisotopic (exact) mass is 474 g/mol. The van der Waals surface area contributed by atoms with Gasteiger partial charge in [0, 0.05) is 35.9 Å². The van der Waals surface area contributed by atoms with Crippen molar-refractivity contribution < 1.29 is 15.1 Å². The van der Waals surface area contributed by atoms with Crippen molar-refractivity contribution in [2.45, 2.75) is 39.3 Å². The van der Waals surface area contributed by atoms with E-state index in [0.29, 0.717) is 33.4 Å². The third kappa shape index (κ3) is 5.74. The van der Waals surface area contributed by atoms with E-state index in [1.807, 2.05) is 43.6 Å². The summed E-state index contributed by atoms with van der Waals surface area (Å²) in [5.74, 6) is -0.463. The number of hydroxylamine groups is 1. The second-order valence-electron chi connectivity index (χ2n) is 8.89. The van der Waals surface area contributed by atoms with Crippen molar-refractivity contribution in [1.29, 1.82) is 0 Å². The SMILES string of the molecule is C=C/C(=C\C(=C/NO)c1cccc(-n2cc(C(=O)NC(C)C)c(=O)c3cccnc32)c1)C(C)(C)O. The van der Waals surface area contributed by atoms with Crippen LogP contribution in [-0.4, -0.2) is 37.4 Å². The minimum atomic E-state index is -1.15. The molecule has 2 heterocycles. The van der Waals surface area contributed by atoms with Gasteiger partial charge in [-0.15, -0.1) is 0 Å². The average Bonchev–Trinajstić information content (AvgIpc) is 2.81. The second-order valence-corrected chi connectivity index (χ2v) is 8.89. The molecule has 3 rings (SSSR count). The summed E-state index contributed by atoms with van der Waals surface area (Å²) >= 11 is 0. The molecule has 0 saturated heterocycles. The largest absolute Gasteiger partial charge is 0.386 e. The molecule has 0 bridgehead atoms. The third-order valence-electron chi connectivity index (χ3n) is 5.34.